The maximum Gasteiger partial charge on any atom is 0.219 e. The van der Waals surface area contributed by atoms with Crippen molar-refractivity contribution >= 4 is 47.6 Å². The minimum Gasteiger partial charge on any atom is -0.357 e. The standard InChI is InChI=1S/C17H32N4OS.HI/c1-4-18-16(20-13-17(3)8-5-11-23-17)19-12-15-6-9-21(10-7-15)14(2)22;/h15H,4-13H2,1-3H3,(H2,18,19,20);1H. The summed E-state index contributed by atoms with van der Waals surface area (Å²) in [6.45, 7) is 10.6. The summed E-state index contributed by atoms with van der Waals surface area (Å²) in [5.74, 6) is 3.04. The van der Waals surface area contributed by atoms with Gasteiger partial charge in [-0.3, -0.25) is 9.79 Å². The third kappa shape index (κ3) is 6.98. The summed E-state index contributed by atoms with van der Waals surface area (Å²) in [6, 6.07) is 0. The van der Waals surface area contributed by atoms with Gasteiger partial charge >= 0.3 is 0 Å². The number of guanidine groups is 1. The van der Waals surface area contributed by atoms with Crippen LogP contribution in [-0.4, -0.2) is 60.0 Å². The molecule has 140 valence electrons. The molecule has 2 N–H and O–H groups in total. The number of nitrogens with zero attached hydrogens (tertiary/aromatic N) is 2. The number of likely N-dealkylation sites (tertiary alicyclic amines) is 1. The van der Waals surface area contributed by atoms with Gasteiger partial charge in [0.25, 0.3) is 0 Å². The van der Waals surface area contributed by atoms with Crippen LogP contribution in [0.5, 0.6) is 0 Å². The van der Waals surface area contributed by atoms with E-state index in [1.165, 1.54) is 18.6 Å². The SMILES string of the molecule is CCNC(=NCC1(C)CCCS1)NCC1CCN(C(C)=O)CC1.I. The third-order valence-corrected chi connectivity index (χ3v) is 6.36. The lowest BCUT2D eigenvalue weighted by Crippen LogP contribution is -2.44. The Labute approximate surface area is 168 Å². The molecule has 0 aromatic rings. The van der Waals surface area contributed by atoms with Crippen molar-refractivity contribution in [1.29, 1.82) is 0 Å². The molecule has 2 heterocycles. The third-order valence-electron chi connectivity index (χ3n) is 4.83. The number of thioether (sulfide) groups is 1. The van der Waals surface area contributed by atoms with Gasteiger partial charge in [0, 0.05) is 37.8 Å². The predicted molar refractivity (Wildman–Crippen MR) is 114 cm³/mol. The molecule has 2 rings (SSSR count). The molecular formula is C17H33IN4OS. The largest absolute Gasteiger partial charge is 0.357 e. The summed E-state index contributed by atoms with van der Waals surface area (Å²) >= 11 is 2.05. The van der Waals surface area contributed by atoms with Crippen LogP contribution in [0.25, 0.3) is 0 Å². The van der Waals surface area contributed by atoms with Gasteiger partial charge < -0.3 is 15.5 Å². The molecule has 24 heavy (non-hydrogen) atoms. The van der Waals surface area contributed by atoms with Crippen LogP contribution in [0, 0.1) is 5.92 Å². The van der Waals surface area contributed by atoms with Gasteiger partial charge in [-0.1, -0.05) is 0 Å². The number of carbonyl (C=O) groups excluding carboxylic acids is 1. The zero-order valence-electron chi connectivity index (χ0n) is 15.3. The number of hydrogen-bond acceptors (Lipinski definition) is 3. The van der Waals surface area contributed by atoms with Gasteiger partial charge in [0.15, 0.2) is 5.96 Å². The van der Waals surface area contributed by atoms with Gasteiger partial charge in [-0.25, -0.2) is 0 Å². The molecule has 2 fully saturated rings. The Bertz CT molecular complexity index is 419. The second-order valence-electron chi connectivity index (χ2n) is 6.93. The van der Waals surface area contributed by atoms with Gasteiger partial charge in [-0.15, -0.1) is 24.0 Å². The highest BCUT2D eigenvalue weighted by atomic mass is 127. The topological polar surface area (TPSA) is 56.7 Å². The zero-order valence-corrected chi connectivity index (χ0v) is 18.4. The summed E-state index contributed by atoms with van der Waals surface area (Å²) in [5, 5.41) is 6.86. The Morgan fingerprint density at radius 3 is 2.58 bits per heavy atom. The molecular weight excluding hydrogens is 435 g/mol. The quantitative estimate of drug-likeness (QED) is 0.370. The summed E-state index contributed by atoms with van der Waals surface area (Å²) in [5.41, 5.74) is 0. The Morgan fingerprint density at radius 2 is 2.04 bits per heavy atom. The van der Waals surface area contributed by atoms with Crippen molar-refractivity contribution in [3.8, 4) is 0 Å². The number of nitrogens with one attached hydrogen (secondary N) is 2. The first-order chi connectivity index (χ1) is 11.0. The molecule has 1 amide bonds. The average Bonchev–Trinajstić information content (AvgIpc) is 2.97. The van der Waals surface area contributed by atoms with Crippen molar-refractivity contribution in [2.24, 2.45) is 10.9 Å². The van der Waals surface area contributed by atoms with Crippen LogP contribution in [0.1, 0.15) is 46.5 Å². The van der Waals surface area contributed by atoms with E-state index in [-0.39, 0.29) is 29.9 Å². The van der Waals surface area contributed by atoms with Crippen molar-refractivity contribution in [2.75, 3.05) is 38.5 Å². The molecule has 2 aliphatic heterocycles. The Balaban J connectivity index is 0.00000288. The minimum atomic E-state index is 0. The maximum atomic E-state index is 11.4. The summed E-state index contributed by atoms with van der Waals surface area (Å²) in [7, 11) is 0. The van der Waals surface area contributed by atoms with E-state index in [1.807, 2.05) is 4.90 Å². The molecule has 5 nitrogen and oxygen atoms in total. The van der Waals surface area contributed by atoms with E-state index in [1.54, 1.807) is 6.92 Å². The van der Waals surface area contributed by atoms with Crippen LogP contribution in [0.2, 0.25) is 0 Å². The van der Waals surface area contributed by atoms with Crippen molar-refractivity contribution in [1.82, 2.24) is 15.5 Å². The number of piperidine rings is 1. The van der Waals surface area contributed by atoms with Crippen LogP contribution >= 0.6 is 35.7 Å². The first-order valence-corrected chi connectivity index (χ1v) is 9.92. The number of halogens is 1. The van der Waals surface area contributed by atoms with E-state index in [2.05, 4.69) is 36.2 Å². The molecule has 0 aromatic heterocycles. The van der Waals surface area contributed by atoms with Crippen LogP contribution in [0.15, 0.2) is 4.99 Å². The molecule has 2 saturated heterocycles. The molecule has 0 aromatic carbocycles. The molecule has 7 heteroatoms. The lowest BCUT2D eigenvalue weighted by atomic mass is 9.97. The van der Waals surface area contributed by atoms with Crippen LogP contribution in [0.4, 0.5) is 0 Å². The number of amides is 1. The zero-order chi connectivity index (χ0) is 16.7. The van der Waals surface area contributed by atoms with Gasteiger partial charge in [0.05, 0.1) is 6.54 Å². The number of carbonyl (C=O) groups is 1. The van der Waals surface area contributed by atoms with Gasteiger partial charge in [0.2, 0.25) is 5.91 Å². The average molecular weight is 468 g/mol. The van der Waals surface area contributed by atoms with Gasteiger partial charge in [0.1, 0.15) is 0 Å². The van der Waals surface area contributed by atoms with E-state index in [9.17, 15) is 4.79 Å². The van der Waals surface area contributed by atoms with E-state index in [0.717, 1.165) is 51.5 Å². The fourth-order valence-electron chi connectivity index (χ4n) is 3.24. The highest BCUT2D eigenvalue weighted by molar-refractivity contribution is 14.0. The molecule has 0 aliphatic carbocycles. The number of aliphatic imine (C=N–C) groups is 1. The molecule has 2 aliphatic rings. The van der Waals surface area contributed by atoms with Crippen molar-refractivity contribution in [3.05, 3.63) is 0 Å². The lowest BCUT2D eigenvalue weighted by molar-refractivity contribution is -0.130. The monoisotopic (exact) mass is 468 g/mol. The first kappa shape index (κ1) is 21.9. The summed E-state index contributed by atoms with van der Waals surface area (Å²) in [4.78, 5) is 18.1. The molecule has 1 unspecified atom stereocenters. The minimum absolute atomic E-state index is 0. The Morgan fingerprint density at radius 1 is 1.33 bits per heavy atom. The first-order valence-electron chi connectivity index (χ1n) is 8.94. The fraction of sp³-hybridized carbons (Fsp3) is 0.882. The molecule has 0 spiro atoms. The van der Waals surface area contributed by atoms with E-state index in [4.69, 9.17) is 4.99 Å². The van der Waals surface area contributed by atoms with E-state index in [0.29, 0.717) is 10.7 Å². The summed E-state index contributed by atoms with van der Waals surface area (Å²) < 4.78 is 0.315. The van der Waals surface area contributed by atoms with Crippen molar-refractivity contribution in [3.63, 3.8) is 0 Å². The van der Waals surface area contributed by atoms with Crippen LogP contribution < -0.4 is 10.6 Å². The second kappa shape index (κ2) is 10.7. The lowest BCUT2D eigenvalue weighted by Gasteiger charge is -2.31. The van der Waals surface area contributed by atoms with Crippen LogP contribution in [-0.2, 0) is 4.79 Å². The Kier molecular flexibility index (Phi) is 9.77. The van der Waals surface area contributed by atoms with E-state index < -0.39 is 0 Å². The molecule has 0 bridgehead atoms. The predicted octanol–water partition coefficient (Wildman–Crippen LogP) is 2.70. The number of rotatable bonds is 5. The molecule has 1 atom stereocenters. The van der Waals surface area contributed by atoms with Gasteiger partial charge in [-0.05, 0) is 51.2 Å². The van der Waals surface area contributed by atoms with E-state index >= 15 is 0 Å². The maximum absolute atomic E-state index is 11.4. The highest BCUT2D eigenvalue weighted by Crippen LogP contribution is 2.37. The van der Waals surface area contributed by atoms with Gasteiger partial charge in [-0.2, -0.15) is 11.8 Å². The normalized spacial score (nSPS) is 25.3. The Hall–Kier alpha value is -0.180. The molecule has 0 saturated carbocycles. The number of hydrogen-bond donors (Lipinski definition) is 2. The molecule has 0 radical (unpaired) electrons. The highest BCUT2D eigenvalue weighted by Gasteiger charge is 2.29. The smallest absolute Gasteiger partial charge is 0.219 e. The fourth-order valence-corrected chi connectivity index (χ4v) is 4.47. The van der Waals surface area contributed by atoms with Crippen LogP contribution in [0.3, 0.4) is 0 Å². The second-order valence-corrected chi connectivity index (χ2v) is 8.61. The van der Waals surface area contributed by atoms with Crippen molar-refractivity contribution in [2.45, 2.75) is 51.2 Å². The van der Waals surface area contributed by atoms with Crippen molar-refractivity contribution < 1.29 is 4.79 Å². The summed E-state index contributed by atoms with van der Waals surface area (Å²) in [6.07, 6.45) is 4.75.